The molecule has 1 aromatic carbocycles. The number of amides is 1. The van der Waals surface area contributed by atoms with Crippen molar-refractivity contribution < 1.29 is 9.59 Å². The summed E-state index contributed by atoms with van der Waals surface area (Å²) in [7, 11) is 0. The van der Waals surface area contributed by atoms with Crippen molar-refractivity contribution in [2.45, 2.75) is 39.5 Å². The van der Waals surface area contributed by atoms with Crippen molar-refractivity contribution >= 4 is 34.8 Å². The van der Waals surface area contributed by atoms with Crippen molar-refractivity contribution in [2.24, 2.45) is 16.8 Å². The molecule has 0 spiro atoms. The van der Waals surface area contributed by atoms with E-state index in [4.69, 9.17) is 16.6 Å². The molecule has 154 valence electrons. The number of hydrogen-bond donors (Lipinski definition) is 1. The Hall–Kier alpha value is -2.79. The number of pyridine rings is 1. The number of halogens is 1. The van der Waals surface area contributed by atoms with E-state index < -0.39 is 5.92 Å². The Morgan fingerprint density at radius 1 is 1.10 bits per heavy atom. The van der Waals surface area contributed by atoms with Crippen molar-refractivity contribution in [2.75, 3.05) is 5.32 Å². The van der Waals surface area contributed by atoms with Crippen LogP contribution in [-0.4, -0.2) is 22.4 Å². The highest BCUT2D eigenvalue weighted by atomic mass is 35.5. The SMILES string of the molecule is CC1=NC2=C(C(=O)C[C@@H](C)C2)[C@@H](c2ccc(Cl)cc2)C1C(=O)Nc1cccc(C)n1. The first kappa shape index (κ1) is 20.5. The van der Waals surface area contributed by atoms with E-state index in [1.165, 1.54) is 0 Å². The van der Waals surface area contributed by atoms with Gasteiger partial charge in [0.25, 0.3) is 0 Å². The number of nitrogens with zero attached hydrogens (tertiary/aromatic N) is 2. The molecular formula is C24H24ClN3O2. The van der Waals surface area contributed by atoms with Gasteiger partial charge in [-0.15, -0.1) is 0 Å². The smallest absolute Gasteiger partial charge is 0.235 e. The lowest BCUT2D eigenvalue weighted by Gasteiger charge is -2.36. The lowest BCUT2D eigenvalue weighted by atomic mass is 9.70. The van der Waals surface area contributed by atoms with Gasteiger partial charge in [-0.3, -0.25) is 14.6 Å². The van der Waals surface area contributed by atoms with Crippen molar-refractivity contribution in [3.63, 3.8) is 0 Å². The van der Waals surface area contributed by atoms with E-state index in [1.807, 2.05) is 38.1 Å². The van der Waals surface area contributed by atoms with Crippen molar-refractivity contribution in [3.05, 3.63) is 70.0 Å². The predicted molar refractivity (Wildman–Crippen MR) is 119 cm³/mol. The van der Waals surface area contributed by atoms with E-state index in [0.29, 0.717) is 28.5 Å². The summed E-state index contributed by atoms with van der Waals surface area (Å²) >= 11 is 6.10. The van der Waals surface area contributed by atoms with E-state index in [0.717, 1.165) is 23.4 Å². The van der Waals surface area contributed by atoms with Gasteiger partial charge in [-0.25, -0.2) is 4.98 Å². The molecule has 0 radical (unpaired) electrons. The van der Waals surface area contributed by atoms with Gasteiger partial charge in [0.15, 0.2) is 5.78 Å². The molecule has 2 heterocycles. The van der Waals surface area contributed by atoms with Crippen LogP contribution in [0.5, 0.6) is 0 Å². The number of carbonyl (C=O) groups is 2. The normalized spacial score (nSPS) is 23.7. The molecule has 1 N–H and O–H groups in total. The number of Topliss-reactive ketones (excluding diaryl/α,β-unsaturated/α-hetero) is 1. The lowest BCUT2D eigenvalue weighted by molar-refractivity contribution is -0.119. The Balaban J connectivity index is 1.78. The average molecular weight is 422 g/mol. The van der Waals surface area contributed by atoms with Gasteiger partial charge >= 0.3 is 0 Å². The minimum atomic E-state index is -0.593. The molecule has 4 rings (SSSR count). The number of anilines is 1. The minimum Gasteiger partial charge on any atom is -0.310 e. The molecule has 1 amide bonds. The Kier molecular flexibility index (Phi) is 5.56. The molecule has 6 heteroatoms. The number of aliphatic imine (C=N–C) groups is 1. The number of carbonyl (C=O) groups excluding carboxylic acids is 2. The maximum Gasteiger partial charge on any atom is 0.235 e. The number of hydrogen-bond acceptors (Lipinski definition) is 4. The summed E-state index contributed by atoms with van der Waals surface area (Å²) in [6, 6.07) is 12.9. The Morgan fingerprint density at radius 2 is 1.83 bits per heavy atom. The van der Waals surface area contributed by atoms with Crippen LogP contribution in [0.4, 0.5) is 5.82 Å². The van der Waals surface area contributed by atoms with Gasteiger partial charge in [-0.05, 0) is 56.0 Å². The van der Waals surface area contributed by atoms with Crippen molar-refractivity contribution in [1.82, 2.24) is 4.98 Å². The Labute approximate surface area is 181 Å². The molecule has 1 aromatic heterocycles. The second kappa shape index (κ2) is 8.15. The fraction of sp³-hybridized carbons (Fsp3) is 0.333. The molecule has 2 aromatic rings. The zero-order chi connectivity index (χ0) is 21.4. The van der Waals surface area contributed by atoms with Gasteiger partial charge in [0.2, 0.25) is 5.91 Å². The summed E-state index contributed by atoms with van der Waals surface area (Å²) in [5.74, 6) is -0.380. The zero-order valence-electron chi connectivity index (χ0n) is 17.3. The van der Waals surface area contributed by atoms with Gasteiger partial charge in [0, 0.05) is 40.0 Å². The fourth-order valence-electron chi connectivity index (χ4n) is 4.44. The van der Waals surface area contributed by atoms with Crippen LogP contribution in [0, 0.1) is 18.8 Å². The number of ketones is 1. The molecule has 3 atom stereocenters. The largest absolute Gasteiger partial charge is 0.310 e. The van der Waals surface area contributed by atoms with Crippen LogP contribution in [-0.2, 0) is 9.59 Å². The van der Waals surface area contributed by atoms with Gasteiger partial charge in [-0.2, -0.15) is 0 Å². The molecule has 1 unspecified atom stereocenters. The molecule has 0 bridgehead atoms. The summed E-state index contributed by atoms with van der Waals surface area (Å²) in [6.45, 7) is 5.80. The number of aryl methyl sites for hydroxylation is 1. The monoisotopic (exact) mass is 421 g/mol. The number of benzene rings is 1. The zero-order valence-corrected chi connectivity index (χ0v) is 18.0. The van der Waals surface area contributed by atoms with E-state index in [2.05, 4.69) is 17.2 Å². The van der Waals surface area contributed by atoms with Crippen LogP contribution >= 0.6 is 11.6 Å². The predicted octanol–water partition coefficient (Wildman–Crippen LogP) is 5.11. The summed E-state index contributed by atoms with van der Waals surface area (Å²) in [4.78, 5) is 35.6. The van der Waals surface area contributed by atoms with Gasteiger partial charge < -0.3 is 5.32 Å². The highest BCUT2D eigenvalue weighted by Gasteiger charge is 2.43. The first-order valence-corrected chi connectivity index (χ1v) is 10.5. The third kappa shape index (κ3) is 3.94. The van der Waals surface area contributed by atoms with E-state index in [9.17, 15) is 9.59 Å². The molecule has 1 aliphatic carbocycles. The van der Waals surface area contributed by atoms with Crippen LogP contribution in [0.2, 0.25) is 5.02 Å². The first-order valence-electron chi connectivity index (χ1n) is 10.1. The second-order valence-corrected chi connectivity index (χ2v) is 8.65. The molecule has 0 fully saturated rings. The first-order chi connectivity index (χ1) is 14.3. The lowest BCUT2D eigenvalue weighted by Crippen LogP contribution is -2.39. The molecule has 0 saturated carbocycles. The average Bonchev–Trinajstić information content (AvgIpc) is 2.67. The van der Waals surface area contributed by atoms with Crippen molar-refractivity contribution in [3.8, 4) is 0 Å². The van der Waals surface area contributed by atoms with Crippen LogP contribution in [0.25, 0.3) is 0 Å². The summed E-state index contributed by atoms with van der Waals surface area (Å²) in [5, 5.41) is 3.54. The van der Waals surface area contributed by atoms with Gasteiger partial charge in [0.1, 0.15) is 5.82 Å². The molecule has 0 saturated heterocycles. The van der Waals surface area contributed by atoms with Crippen molar-refractivity contribution in [1.29, 1.82) is 0 Å². The number of allylic oxidation sites excluding steroid dienone is 2. The Morgan fingerprint density at radius 3 is 2.53 bits per heavy atom. The van der Waals surface area contributed by atoms with Crippen LogP contribution in [0.15, 0.2) is 58.7 Å². The molecule has 5 nitrogen and oxygen atoms in total. The number of nitrogens with one attached hydrogen (secondary N) is 1. The molecular weight excluding hydrogens is 398 g/mol. The summed E-state index contributed by atoms with van der Waals surface area (Å²) < 4.78 is 0. The fourth-order valence-corrected chi connectivity index (χ4v) is 4.56. The number of rotatable bonds is 3. The highest BCUT2D eigenvalue weighted by molar-refractivity contribution is 6.30. The summed E-state index contributed by atoms with van der Waals surface area (Å²) in [5.41, 5.74) is 3.90. The number of aromatic nitrogens is 1. The topological polar surface area (TPSA) is 71.4 Å². The van der Waals surface area contributed by atoms with Crippen LogP contribution < -0.4 is 5.32 Å². The summed E-state index contributed by atoms with van der Waals surface area (Å²) in [6.07, 6.45) is 1.22. The molecule has 30 heavy (non-hydrogen) atoms. The van der Waals surface area contributed by atoms with Crippen LogP contribution in [0.1, 0.15) is 43.9 Å². The highest BCUT2D eigenvalue weighted by Crippen LogP contribution is 2.44. The van der Waals surface area contributed by atoms with E-state index in [-0.39, 0.29) is 23.5 Å². The Bertz CT molecular complexity index is 1070. The minimum absolute atomic E-state index is 0.0754. The van der Waals surface area contributed by atoms with Gasteiger partial charge in [-0.1, -0.05) is 36.7 Å². The quantitative estimate of drug-likeness (QED) is 0.748. The molecule has 2 aliphatic rings. The van der Waals surface area contributed by atoms with Crippen LogP contribution in [0.3, 0.4) is 0 Å². The maximum atomic E-state index is 13.4. The van der Waals surface area contributed by atoms with Gasteiger partial charge in [0.05, 0.1) is 5.92 Å². The van der Waals surface area contributed by atoms with E-state index >= 15 is 0 Å². The third-order valence-corrected chi connectivity index (χ3v) is 6.00. The maximum absolute atomic E-state index is 13.4. The second-order valence-electron chi connectivity index (χ2n) is 8.21. The third-order valence-electron chi connectivity index (χ3n) is 5.74. The van der Waals surface area contributed by atoms with E-state index in [1.54, 1.807) is 18.2 Å². The molecule has 1 aliphatic heterocycles. The standard InChI is InChI=1S/C24H24ClN3O2/c1-13-11-18-23(19(29)12-13)22(16-7-9-17(25)10-8-16)21(15(3)27-18)24(30)28-20-6-4-5-14(2)26-20/h4-10,13,21-22H,11-12H2,1-3H3,(H,26,28,30)/t13-,21?,22-/m0/s1.